The molecule has 1 aromatic heterocycles. The molecule has 4 aromatic rings. The van der Waals surface area contributed by atoms with Gasteiger partial charge in [0.15, 0.2) is 23.0 Å². The van der Waals surface area contributed by atoms with Gasteiger partial charge in [0, 0.05) is 25.7 Å². The van der Waals surface area contributed by atoms with Crippen molar-refractivity contribution >= 4 is 11.8 Å². The zero-order chi connectivity index (χ0) is 29.8. The Kier molecular flexibility index (Phi) is 8.22. The van der Waals surface area contributed by atoms with E-state index in [-0.39, 0.29) is 11.8 Å². The van der Waals surface area contributed by atoms with Crippen molar-refractivity contribution in [1.29, 1.82) is 0 Å². The minimum atomic E-state index is -0.413. The molecule has 1 atom stereocenters. The summed E-state index contributed by atoms with van der Waals surface area (Å²) >= 11 is 0. The highest BCUT2D eigenvalue weighted by Crippen LogP contribution is 2.44. The summed E-state index contributed by atoms with van der Waals surface area (Å²) in [6, 6.07) is 20.7. The van der Waals surface area contributed by atoms with Crippen molar-refractivity contribution in [3.05, 3.63) is 101 Å². The average Bonchev–Trinajstić information content (AvgIpc) is 3.57. The van der Waals surface area contributed by atoms with Gasteiger partial charge in [-0.15, -0.1) is 0 Å². The number of fused-ring (bicyclic) bond motifs is 8. The number of carbonyl (C=O) groups excluding carboxylic acids is 2. The van der Waals surface area contributed by atoms with Gasteiger partial charge in [0.2, 0.25) is 5.91 Å². The molecule has 3 aliphatic heterocycles. The molecule has 0 fully saturated rings. The van der Waals surface area contributed by atoms with Crippen LogP contribution in [0.3, 0.4) is 0 Å². The maximum absolute atomic E-state index is 13.8. The molecule has 222 valence electrons. The van der Waals surface area contributed by atoms with Crippen molar-refractivity contribution in [2.24, 2.45) is 0 Å². The second-order valence-electron chi connectivity index (χ2n) is 10.6. The topological polar surface area (TPSA) is 102 Å². The Hall–Kier alpha value is -4.92. The highest BCUT2D eigenvalue weighted by atomic mass is 16.5. The molecule has 0 saturated carbocycles. The molecule has 8 bridgehead atoms. The molecule has 0 saturated heterocycles. The molecule has 1 unspecified atom stereocenters. The molecule has 0 aliphatic carbocycles. The minimum absolute atomic E-state index is 0.0148. The summed E-state index contributed by atoms with van der Waals surface area (Å²) in [7, 11) is 3.21. The summed E-state index contributed by atoms with van der Waals surface area (Å²) in [4.78, 5) is 31.2. The zero-order valence-corrected chi connectivity index (χ0v) is 24.4. The second-order valence-corrected chi connectivity index (χ2v) is 10.6. The first-order chi connectivity index (χ1) is 21.0. The van der Waals surface area contributed by atoms with Crippen LogP contribution in [0.25, 0.3) is 0 Å². The summed E-state index contributed by atoms with van der Waals surface area (Å²) in [6.07, 6.45) is 4.00. The Labute approximate surface area is 250 Å². The zero-order valence-electron chi connectivity index (χ0n) is 24.4. The maximum atomic E-state index is 13.8. The minimum Gasteiger partial charge on any atom is -0.493 e. The van der Waals surface area contributed by atoms with Gasteiger partial charge in [-0.05, 0) is 90.0 Å². The first kappa shape index (κ1) is 28.2. The van der Waals surface area contributed by atoms with Crippen LogP contribution in [0.1, 0.15) is 51.6 Å². The molecule has 7 rings (SSSR count). The van der Waals surface area contributed by atoms with E-state index < -0.39 is 6.04 Å². The van der Waals surface area contributed by atoms with Gasteiger partial charge >= 0.3 is 0 Å². The smallest absolute Gasteiger partial charge is 0.271 e. The number of nitrogens with zero attached hydrogens (tertiary/aromatic N) is 1. The molecule has 3 aliphatic rings. The molecule has 2 N–H and O–H groups in total. The third kappa shape index (κ3) is 6.02. The van der Waals surface area contributed by atoms with Crippen molar-refractivity contribution in [3.8, 4) is 28.7 Å². The number of aryl methyl sites for hydroxylation is 1. The Balaban J connectivity index is 1.47. The van der Waals surface area contributed by atoms with Crippen LogP contribution in [-0.2, 0) is 17.6 Å². The van der Waals surface area contributed by atoms with Gasteiger partial charge in [0.25, 0.3) is 5.91 Å². The normalized spacial score (nSPS) is 16.8. The molecule has 3 aromatic carbocycles. The summed E-state index contributed by atoms with van der Waals surface area (Å²) in [5.41, 5.74) is 4.43. The first-order valence-corrected chi connectivity index (χ1v) is 14.5. The van der Waals surface area contributed by atoms with Crippen LogP contribution >= 0.6 is 0 Å². The molecule has 0 spiro atoms. The Morgan fingerprint density at radius 1 is 0.930 bits per heavy atom. The number of H-pyrrole nitrogens is 1. The SMILES string of the molecule is COc1ccc2cc1OCCCNC(=O)CCc1cccc(c1)Oc1cc3c(cc1OC)C2N(C(=O)c1ccc[nH]1)CC3. The summed E-state index contributed by atoms with van der Waals surface area (Å²) in [5, 5.41) is 2.98. The van der Waals surface area contributed by atoms with E-state index in [0.29, 0.717) is 79.8 Å². The standard InChI is InChI=1S/C34H35N3O6/c1-40-28-11-10-24-20-30(28)42-17-5-15-36-32(38)12-9-22-6-3-7-25(18-22)43-31-19-23-13-16-37(34(39)27-8-4-14-35-27)33(24)26(23)21-29(31)41-2/h3-4,6-8,10-11,14,18-21,33,35H,5,9,12-13,15-17H2,1-2H3,(H,36,38). The molecular weight excluding hydrogens is 546 g/mol. The summed E-state index contributed by atoms with van der Waals surface area (Å²) in [5.74, 6) is 2.87. The number of benzene rings is 3. The van der Waals surface area contributed by atoms with Gasteiger partial charge in [-0.1, -0.05) is 18.2 Å². The second kappa shape index (κ2) is 12.5. The molecule has 43 heavy (non-hydrogen) atoms. The Morgan fingerprint density at radius 3 is 2.63 bits per heavy atom. The number of aromatic nitrogens is 1. The number of carbonyl (C=O) groups is 2. The van der Waals surface area contributed by atoms with Gasteiger partial charge in [-0.25, -0.2) is 0 Å². The van der Waals surface area contributed by atoms with Crippen molar-refractivity contribution in [3.63, 3.8) is 0 Å². The molecule has 9 nitrogen and oxygen atoms in total. The molecule has 0 radical (unpaired) electrons. The van der Waals surface area contributed by atoms with E-state index >= 15 is 0 Å². The lowest BCUT2D eigenvalue weighted by Gasteiger charge is -2.38. The number of hydrogen-bond donors (Lipinski definition) is 2. The monoisotopic (exact) mass is 581 g/mol. The fraction of sp³-hybridized carbons (Fsp3) is 0.294. The summed E-state index contributed by atoms with van der Waals surface area (Å²) < 4.78 is 24.0. The predicted molar refractivity (Wildman–Crippen MR) is 161 cm³/mol. The van der Waals surface area contributed by atoms with Crippen LogP contribution in [0.2, 0.25) is 0 Å². The van der Waals surface area contributed by atoms with Crippen LogP contribution in [0, 0.1) is 0 Å². The van der Waals surface area contributed by atoms with Gasteiger partial charge < -0.3 is 34.1 Å². The molecular formula is C34H35N3O6. The van der Waals surface area contributed by atoms with E-state index in [1.54, 1.807) is 26.5 Å². The Morgan fingerprint density at radius 2 is 1.81 bits per heavy atom. The number of nitrogens with one attached hydrogen (secondary N) is 2. The number of aromatic amines is 1. The molecule has 4 heterocycles. The van der Waals surface area contributed by atoms with Crippen LogP contribution in [-0.4, -0.2) is 55.6 Å². The number of ether oxygens (including phenoxy) is 4. The largest absolute Gasteiger partial charge is 0.493 e. The number of methoxy groups -OCH3 is 2. The van der Waals surface area contributed by atoms with Crippen LogP contribution in [0.4, 0.5) is 0 Å². The van der Waals surface area contributed by atoms with Gasteiger partial charge in [-0.2, -0.15) is 0 Å². The predicted octanol–water partition coefficient (Wildman–Crippen LogP) is 5.44. The lowest BCUT2D eigenvalue weighted by molar-refractivity contribution is -0.121. The van der Waals surface area contributed by atoms with Crippen molar-refractivity contribution in [1.82, 2.24) is 15.2 Å². The number of amides is 2. The van der Waals surface area contributed by atoms with E-state index in [1.165, 1.54) is 0 Å². The highest BCUT2D eigenvalue weighted by Gasteiger charge is 2.35. The van der Waals surface area contributed by atoms with Crippen LogP contribution < -0.4 is 24.3 Å². The highest BCUT2D eigenvalue weighted by molar-refractivity contribution is 5.93. The van der Waals surface area contributed by atoms with Crippen LogP contribution in [0.5, 0.6) is 28.7 Å². The van der Waals surface area contributed by atoms with E-state index in [0.717, 1.165) is 22.3 Å². The van der Waals surface area contributed by atoms with Gasteiger partial charge in [0.1, 0.15) is 11.4 Å². The quantitative estimate of drug-likeness (QED) is 0.334. The number of hydrogen-bond acceptors (Lipinski definition) is 6. The fourth-order valence-corrected chi connectivity index (χ4v) is 5.76. The lowest BCUT2D eigenvalue weighted by Crippen LogP contribution is -2.40. The fourth-order valence-electron chi connectivity index (χ4n) is 5.76. The summed E-state index contributed by atoms with van der Waals surface area (Å²) in [6.45, 7) is 1.40. The third-order valence-electron chi connectivity index (χ3n) is 7.91. The van der Waals surface area contributed by atoms with Gasteiger partial charge in [-0.3, -0.25) is 9.59 Å². The van der Waals surface area contributed by atoms with E-state index in [9.17, 15) is 9.59 Å². The Bertz CT molecular complexity index is 1620. The molecule has 2 amide bonds. The maximum Gasteiger partial charge on any atom is 0.271 e. The first-order valence-electron chi connectivity index (χ1n) is 14.5. The lowest BCUT2D eigenvalue weighted by atomic mass is 9.87. The van der Waals surface area contributed by atoms with E-state index in [4.69, 9.17) is 18.9 Å². The van der Waals surface area contributed by atoms with E-state index in [2.05, 4.69) is 10.3 Å². The van der Waals surface area contributed by atoms with Crippen LogP contribution in [0.15, 0.2) is 72.9 Å². The number of rotatable bonds is 3. The van der Waals surface area contributed by atoms with Crippen molar-refractivity contribution < 1.29 is 28.5 Å². The van der Waals surface area contributed by atoms with Gasteiger partial charge in [0.05, 0.1) is 26.9 Å². The van der Waals surface area contributed by atoms with E-state index in [1.807, 2.05) is 65.6 Å². The molecule has 9 heteroatoms. The van der Waals surface area contributed by atoms with Crippen molar-refractivity contribution in [2.45, 2.75) is 31.7 Å². The van der Waals surface area contributed by atoms with Crippen molar-refractivity contribution in [2.75, 3.05) is 33.9 Å². The third-order valence-corrected chi connectivity index (χ3v) is 7.91. The average molecular weight is 582 g/mol.